The molecule has 2 aliphatic rings. The Hall–Kier alpha value is -4.70. The van der Waals surface area contributed by atoms with Crippen molar-refractivity contribution in [3.05, 3.63) is 100 Å². The standard InChI is InChI=1S/C37H41ClN6O4/c1-23-11-14-32(40-17-23)37(48)44-20-26-19-43(34(45)15-25-18-41-33-16-27(38)12-13-28(25)33)22-30(29(26)21-44)35(46)42-31(36(47)39-2)10-6-9-24-7-4-3-5-8-24/h3-5,7-8,11-14,16-18,26,29-31,41H,6,9-10,15,19-22H2,1-2H3,(H,39,47)(H,42,46)/t26?,29?,30?,31-/m0/s1. The van der Waals surface area contributed by atoms with Gasteiger partial charge in [-0.1, -0.05) is 54.1 Å². The number of likely N-dealkylation sites (tertiary alicyclic amines) is 2. The molecule has 11 heteroatoms. The van der Waals surface area contributed by atoms with E-state index in [-0.39, 0.29) is 48.4 Å². The number of halogens is 1. The summed E-state index contributed by atoms with van der Waals surface area (Å²) in [5, 5.41) is 7.25. The lowest BCUT2D eigenvalue weighted by molar-refractivity contribution is -0.140. The van der Waals surface area contributed by atoms with Crippen molar-refractivity contribution in [3.8, 4) is 0 Å². The quantitative estimate of drug-likeness (QED) is 0.234. The molecule has 6 rings (SSSR count). The van der Waals surface area contributed by atoms with Gasteiger partial charge in [-0.05, 0) is 72.9 Å². The molecule has 4 heterocycles. The first-order chi connectivity index (χ1) is 23.2. The average molecular weight is 669 g/mol. The molecule has 4 aromatic rings. The second-order valence-electron chi connectivity index (χ2n) is 13.0. The first-order valence-electron chi connectivity index (χ1n) is 16.5. The molecule has 0 spiro atoms. The van der Waals surface area contributed by atoms with Crippen LogP contribution in [0, 0.1) is 24.7 Å². The van der Waals surface area contributed by atoms with Gasteiger partial charge in [-0.15, -0.1) is 0 Å². The van der Waals surface area contributed by atoms with Gasteiger partial charge in [0.1, 0.15) is 11.7 Å². The molecule has 3 unspecified atom stereocenters. The Morgan fingerprint density at radius 1 is 1.00 bits per heavy atom. The van der Waals surface area contributed by atoms with Gasteiger partial charge >= 0.3 is 0 Å². The van der Waals surface area contributed by atoms with E-state index >= 15 is 0 Å². The lowest BCUT2D eigenvalue weighted by atomic mass is 9.79. The topological polar surface area (TPSA) is 128 Å². The number of fused-ring (bicyclic) bond motifs is 2. The molecule has 0 radical (unpaired) electrons. The normalized spacial score (nSPS) is 19.5. The second-order valence-corrected chi connectivity index (χ2v) is 13.4. The van der Waals surface area contributed by atoms with Crippen molar-refractivity contribution in [1.82, 2.24) is 30.4 Å². The van der Waals surface area contributed by atoms with E-state index in [9.17, 15) is 19.2 Å². The number of piperidine rings is 1. The van der Waals surface area contributed by atoms with Gasteiger partial charge in [-0.25, -0.2) is 0 Å². The van der Waals surface area contributed by atoms with Gasteiger partial charge in [0, 0.05) is 61.5 Å². The monoisotopic (exact) mass is 668 g/mol. The number of carbonyl (C=O) groups is 4. The van der Waals surface area contributed by atoms with Crippen LogP contribution < -0.4 is 10.6 Å². The molecular weight excluding hydrogens is 628 g/mol. The molecular formula is C37H41ClN6O4. The van der Waals surface area contributed by atoms with Crippen LogP contribution >= 0.6 is 11.6 Å². The highest BCUT2D eigenvalue weighted by atomic mass is 35.5. The fourth-order valence-electron chi connectivity index (χ4n) is 7.14. The number of likely N-dealkylation sites (N-methyl/N-ethyl adjacent to an activating group) is 1. The third-order valence-electron chi connectivity index (χ3n) is 9.74. The maximum absolute atomic E-state index is 14.1. The van der Waals surface area contributed by atoms with E-state index in [0.29, 0.717) is 43.2 Å². The smallest absolute Gasteiger partial charge is 0.272 e. The third-order valence-corrected chi connectivity index (χ3v) is 9.97. The average Bonchev–Trinajstić information content (AvgIpc) is 3.71. The van der Waals surface area contributed by atoms with Crippen LogP contribution in [0.3, 0.4) is 0 Å². The molecule has 3 N–H and O–H groups in total. The highest BCUT2D eigenvalue weighted by Crippen LogP contribution is 2.37. The van der Waals surface area contributed by atoms with E-state index in [1.165, 1.54) is 5.56 Å². The second kappa shape index (κ2) is 14.6. The molecule has 4 amide bonds. The predicted molar refractivity (Wildman–Crippen MR) is 184 cm³/mol. The summed E-state index contributed by atoms with van der Waals surface area (Å²) in [6.45, 7) is 3.34. The minimum absolute atomic E-state index is 0.0993. The molecule has 250 valence electrons. The van der Waals surface area contributed by atoms with Crippen molar-refractivity contribution in [2.75, 3.05) is 33.2 Å². The fourth-order valence-corrected chi connectivity index (χ4v) is 7.31. The van der Waals surface area contributed by atoms with E-state index < -0.39 is 12.0 Å². The van der Waals surface area contributed by atoms with Gasteiger partial charge in [0.25, 0.3) is 5.91 Å². The number of amides is 4. The molecule has 0 aliphatic carbocycles. The van der Waals surface area contributed by atoms with Crippen molar-refractivity contribution >= 4 is 46.1 Å². The van der Waals surface area contributed by atoms with Crippen LogP contribution in [0.5, 0.6) is 0 Å². The highest BCUT2D eigenvalue weighted by Gasteiger charge is 2.48. The number of rotatable bonds is 10. The van der Waals surface area contributed by atoms with Crippen molar-refractivity contribution < 1.29 is 19.2 Å². The number of aromatic nitrogens is 2. The van der Waals surface area contributed by atoms with Gasteiger partial charge < -0.3 is 25.4 Å². The van der Waals surface area contributed by atoms with Crippen molar-refractivity contribution in [3.63, 3.8) is 0 Å². The van der Waals surface area contributed by atoms with Crippen LogP contribution in [0.2, 0.25) is 5.02 Å². The number of H-pyrrole nitrogens is 1. The Morgan fingerprint density at radius 2 is 1.79 bits per heavy atom. The first kappa shape index (κ1) is 33.2. The van der Waals surface area contributed by atoms with E-state index in [4.69, 9.17) is 11.6 Å². The lowest BCUT2D eigenvalue weighted by Gasteiger charge is -2.40. The van der Waals surface area contributed by atoms with Crippen LogP contribution in [0.1, 0.15) is 40.0 Å². The Balaban J connectivity index is 1.20. The number of hydrogen-bond donors (Lipinski definition) is 3. The fraction of sp³-hybridized carbons (Fsp3) is 0.378. The Morgan fingerprint density at radius 3 is 2.54 bits per heavy atom. The molecule has 2 aromatic heterocycles. The molecule has 10 nitrogen and oxygen atoms in total. The van der Waals surface area contributed by atoms with Crippen LogP contribution in [0.25, 0.3) is 10.9 Å². The van der Waals surface area contributed by atoms with E-state index in [2.05, 4.69) is 20.6 Å². The molecule has 2 aromatic carbocycles. The van der Waals surface area contributed by atoms with Gasteiger partial charge in [0.15, 0.2) is 0 Å². The molecule has 48 heavy (non-hydrogen) atoms. The predicted octanol–water partition coefficient (Wildman–Crippen LogP) is 4.17. The largest absolute Gasteiger partial charge is 0.361 e. The number of nitrogens with zero attached hydrogens (tertiary/aromatic N) is 3. The highest BCUT2D eigenvalue weighted by molar-refractivity contribution is 6.31. The molecule has 4 atom stereocenters. The first-order valence-corrected chi connectivity index (χ1v) is 16.9. The minimum Gasteiger partial charge on any atom is -0.361 e. The van der Waals surface area contributed by atoms with Crippen molar-refractivity contribution in [2.24, 2.45) is 17.8 Å². The summed E-state index contributed by atoms with van der Waals surface area (Å²) < 4.78 is 0. The van der Waals surface area contributed by atoms with E-state index in [1.807, 2.05) is 61.7 Å². The van der Waals surface area contributed by atoms with Crippen molar-refractivity contribution in [1.29, 1.82) is 0 Å². The zero-order valence-electron chi connectivity index (χ0n) is 27.2. The van der Waals surface area contributed by atoms with Gasteiger partial charge in [0.2, 0.25) is 17.7 Å². The number of aromatic amines is 1. The summed E-state index contributed by atoms with van der Waals surface area (Å²) in [7, 11) is 1.56. The molecule has 0 bridgehead atoms. The molecule has 2 aliphatic heterocycles. The summed E-state index contributed by atoms with van der Waals surface area (Å²) >= 11 is 6.16. The van der Waals surface area contributed by atoms with Gasteiger partial charge in [0.05, 0.1) is 12.3 Å². The van der Waals surface area contributed by atoms with Crippen LogP contribution in [-0.2, 0) is 27.2 Å². The van der Waals surface area contributed by atoms with Gasteiger partial charge in [-0.3, -0.25) is 24.2 Å². The number of pyridine rings is 1. The Kier molecular flexibility index (Phi) is 10.1. The van der Waals surface area contributed by atoms with Gasteiger partial charge in [-0.2, -0.15) is 0 Å². The Bertz CT molecular complexity index is 1790. The number of hydrogen-bond acceptors (Lipinski definition) is 5. The summed E-state index contributed by atoms with van der Waals surface area (Å²) in [6.07, 6.45) is 5.62. The molecule has 2 saturated heterocycles. The number of nitrogens with one attached hydrogen (secondary N) is 3. The van der Waals surface area contributed by atoms with E-state index in [1.54, 1.807) is 35.2 Å². The Labute approximate surface area is 285 Å². The van der Waals surface area contributed by atoms with E-state index in [0.717, 1.165) is 28.5 Å². The van der Waals surface area contributed by atoms with Crippen LogP contribution in [0.15, 0.2) is 73.1 Å². The number of carbonyl (C=O) groups excluding carboxylic acids is 4. The minimum atomic E-state index is -0.718. The summed E-state index contributed by atoms with van der Waals surface area (Å²) in [4.78, 5) is 65.5. The molecule has 0 saturated carbocycles. The van der Waals surface area contributed by atoms with Crippen LogP contribution in [-0.4, -0.2) is 82.7 Å². The summed E-state index contributed by atoms with van der Waals surface area (Å²) in [6, 6.07) is 18.4. The third kappa shape index (κ3) is 7.39. The zero-order chi connectivity index (χ0) is 33.8. The lowest BCUT2D eigenvalue weighted by Crippen LogP contribution is -2.56. The summed E-state index contributed by atoms with van der Waals surface area (Å²) in [5.74, 6) is -1.70. The SMILES string of the molecule is CNC(=O)[C@H](CCCc1ccccc1)NC(=O)C1CN(C(=O)Cc2c[nH]c3cc(Cl)ccc23)CC2CN(C(=O)c3ccc(C)cn3)CC21. The van der Waals surface area contributed by atoms with Crippen molar-refractivity contribution in [2.45, 2.75) is 38.6 Å². The van der Waals surface area contributed by atoms with Crippen LogP contribution in [0.4, 0.5) is 0 Å². The number of aryl methyl sites for hydroxylation is 2. The zero-order valence-corrected chi connectivity index (χ0v) is 28.0. The summed E-state index contributed by atoms with van der Waals surface area (Å²) in [5.41, 5.74) is 4.18. The number of benzene rings is 2. The molecule has 2 fully saturated rings. The maximum atomic E-state index is 14.1. The maximum Gasteiger partial charge on any atom is 0.272 e.